The van der Waals surface area contributed by atoms with Gasteiger partial charge in [0.2, 0.25) is 0 Å². The number of phenols is 1. The molecule has 6 aromatic rings. The highest BCUT2D eigenvalue weighted by Gasteiger charge is 2.21. The van der Waals surface area contributed by atoms with Gasteiger partial charge in [-0.2, -0.15) is 0 Å². The highest BCUT2D eigenvalue weighted by Crippen LogP contribution is 2.45. The van der Waals surface area contributed by atoms with Gasteiger partial charge in [0.25, 0.3) is 0 Å². The number of aromatic nitrogens is 1. The van der Waals surface area contributed by atoms with Gasteiger partial charge >= 0.3 is 0 Å². The molecule has 0 aliphatic heterocycles. The fourth-order valence-electron chi connectivity index (χ4n) is 6.68. The Morgan fingerprint density at radius 2 is 1.62 bits per heavy atom. The normalized spacial score (nSPS) is 13.7. The summed E-state index contributed by atoms with van der Waals surface area (Å²) in [4.78, 5) is 13.6. The first-order valence-electron chi connectivity index (χ1n) is 17.2. The molecular formula is C45H41N5O2. The molecule has 1 heterocycles. The van der Waals surface area contributed by atoms with Crippen LogP contribution in [0, 0.1) is 11.3 Å². The summed E-state index contributed by atoms with van der Waals surface area (Å²) in [6.45, 7) is 9.82. The minimum absolute atomic E-state index is 0.0262. The molecule has 0 aliphatic carbocycles. The molecule has 1 unspecified atom stereocenters. The molecule has 0 saturated carbocycles. The van der Waals surface area contributed by atoms with E-state index in [1.165, 1.54) is 6.08 Å². The van der Waals surface area contributed by atoms with Crippen LogP contribution in [-0.4, -0.2) is 33.1 Å². The Labute approximate surface area is 303 Å². The van der Waals surface area contributed by atoms with Gasteiger partial charge in [-0.1, -0.05) is 105 Å². The van der Waals surface area contributed by atoms with Crippen molar-refractivity contribution in [1.29, 1.82) is 5.41 Å². The lowest BCUT2D eigenvalue weighted by molar-refractivity contribution is 0.418. The molecule has 0 aliphatic rings. The van der Waals surface area contributed by atoms with Crippen LogP contribution in [0.5, 0.6) is 5.75 Å². The topological polar surface area (TPSA) is 128 Å². The third-order valence-electron chi connectivity index (χ3n) is 9.11. The second-order valence-electron chi connectivity index (χ2n) is 12.5. The molecule has 0 amide bonds. The molecule has 0 bridgehead atoms. The molecule has 0 radical (unpaired) electrons. The molecule has 0 saturated heterocycles. The number of rotatable bonds is 10. The van der Waals surface area contributed by atoms with Crippen LogP contribution < -0.4 is 5.73 Å². The van der Waals surface area contributed by atoms with Gasteiger partial charge in [-0.05, 0) is 88.0 Å². The number of nitrogens with two attached hydrogens (primary N) is 1. The van der Waals surface area contributed by atoms with E-state index in [1.807, 2.05) is 98.8 Å². The number of hydrogen-bond donors (Lipinski definition) is 4. The van der Waals surface area contributed by atoms with Crippen LogP contribution in [0.15, 0.2) is 156 Å². The third kappa shape index (κ3) is 7.02. The molecule has 6 rings (SSSR count). The molecule has 5 aromatic carbocycles. The minimum atomic E-state index is -0.262. The summed E-state index contributed by atoms with van der Waals surface area (Å²) in [5.74, 6) is 0.175. The summed E-state index contributed by atoms with van der Waals surface area (Å²) in [6, 6.07) is 31.1. The summed E-state index contributed by atoms with van der Waals surface area (Å²) >= 11 is 0. The molecule has 52 heavy (non-hydrogen) atoms. The van der Waals surface area contributed by atoms with Gasteiger partial charge in [-0.15, -0.1) is 0 Å². The van der Waals surface area contributed by atoms with Crippen molar-refractivity contribution in [3.63, 3.8) is 0 Å². The molecule has 7 heteroatoms. The maximum absolute atomic E-state index is 10.8. The van der Waals surface area contributed by atoms with Crippen LogP contribution in [0.2, 0.25) is 0 Å². The summed E-state index contributed by atoms with van der Waals surface area (Å²) in [5.41, 5.74) is 12.9. The van der Waals surface area contributed by atoms with E-state index in [0.29, 0.717) is 28.8 Å². The van der Waals surface area contributed by atoms with Gasteiger partial charge in [0.05, 0.1) is 5.70 Å². The Balaban J connectivity index is 1.64. The van der Waals surface area contributed by atoms with Crippen molar-refractivity contribution >= 4 is 55.9 Å². The van der Waals surface area contributed by atoms with Crippen molar-refractivity contribution in [1.82, 2.24) is 4.98 Å². The fourth-order valence-corrected chi connectivity index (χ4v) is 6.68. The van der Waals surface area contributed by atoms with E-state index in [9.17, 15) is 10.2 Å². The lowest BCUT2D eigenvalue weighted by Crippen LogP contribution is -2.16. The number of aliphatic hydroxyl groups excluding tert-OH is 1. The predicted molar refractivity (Wildman–Crippen MR) is 218 cm³/mol. The maximum Gasteiger partial charge on any atom is 0.154 e. The zero-order valence-electron chi connectivity index (χ0n) is 29.5. The van der Waals surface area contributed by atoms with Crippen LogP contribution in [0.4, 0.5) is 0 Å². The van der Waals surface area contributed by atoms with E-state index in [2.05, 4.69) is 52.7 Å². The number of amidine groups is 2. The minimum Gasteiger partial charge on any atom is -0.506 e. The average molecular weight is 684 g/mol. The molecule has 0 fully saturated rings. The molecule has 5 N–H and O–H groups in total. The van der Waals surface area contributed by atoms with Crippen molar-refractivity contribution in [2.75, 3.05) is 0 Å². The number of allylic oxidation sites excluding steroid dienone is 5. The van der Waals surface area contributed by atoms with Gasteiger partial charge in [-0.25, -0.2) is 4.99 Å². The largest absolute Gasteiger partial charge is 0.506 e. The Morgan fingerprint density at radius 1 is 0.904 bits per heavy atom. The number of pyridine rings is 1. The summed E-state index contributed by atoms with van der Waals surface area (Å²) in [5, 5.41) is 35.0. The molecule has 258 valence electrons. The average Bonchev–Trinajstić information content (AvgIpc) is 3.17. The van der Waals surface area contributed by atoms with E-state index in [1.54, 1.807) is 18.5 Å². The zero-order valence-corrected chi connectivity index (χ0v) is 29.5. The maximum atomic E-state index is 10.8. The van der Waals surface area contributed by atoms with E-state index in [0.717, 1.165) is 49.2 Å². The third-order valence-corrected chi connectivity index (χ3v) is 9.11. The number of nitrogens with zero attached hydrogens (tertiary/aromatic N) is 3. The summed E-state index contributed by atoms with van der Waals surface area (Å²) in [7, 11) is 0. The Morgan fingerprint density at radius 3 is 2.37 bits per heavy atom. The first-order chi connectivity index (χ1) is 25.2. The highest BCUT2D eigenvalue weighted by atomic mass is 16.3. The van der Waals surface area contributed by atoms with Crippen LogP contribution in [0.1, 0.15) is 43.9 Å². The van der Waals surface area contributed by atoms with Gasteiger partial charge in [-0.3, -0.25) is 15.4 Å². The number of aliphatic hydroxyl groups is 1. The molecule has 1 aromatic heterocycles. The second kappa shape index (κ2) is 15.5. The zero-order chi connectivity index (χ0) is 36.8. The van der Waals surface area contributed by atoms with E-state index < -0.39 is 0 Å². The Kier molecular flexibility index (Phi) is 10.5. The van der Waals surface area contributed by atoms with Gasteiger partial charge in [0.15, 0.2) is 5.84 Å². The summed E-state index contributed by atoms with van der Waals surface area (Å²) in [6.07, 6.45) is 11.6. The SMILES string of the molecule is C=C/C(O)=C(/N=CCC=CC)C(C)C=C(C)c1c2ccccc2c(-c2ccc(O)c3ncccc23)c2ccc(C(N)=NC(=N)c3ccccc3)cc12. The summed E-state index contributed by atoms with van der Waals surface area (Å²) < 4.78 is 0. The molecule has 0 spiro atoms. The standard InChI is InChI=1S/C45H41N5O2/c1-5-7-13-24-48-42(38(51)6-2)29(4)26-28(3)40-32-17-11-12-18-33(32)41(34-22-23-39(52)43-36(34)19-14-25-49-43)35-21-20-31(27-37(35)40)45(47)50-44(46)30-15-9-8-10-16-30/h5-12,14-27,29,51-52H,2,13H2,1,3-4H3,(H3,46,47,50)/b7-5?,28-26?,42-38-,48-24?. The van der Waals surface area contributed by atoms with Crippen molar-refractivity contribution in [2.45, 2.75) is 27.2 Å². The van der Waals surface area contributed by atoms with Crippen LogP contribution in [0.3, 0.4) is 0 Å². The van der Waals surface area contributed by atoms with Crippen LogP contribution >= 0.6 is 0 Å². The van der Waals surface area contributed by atoms with E-state index in [4.69, 9.17) is 11.1 Å². The smallest absolute Gasteiger partial charge is 0.154 e. The van der Waals surface area contributed by atoms with E-state index in [-0.39, 0.29) is 29.1 Å². The van der Waals surface area contributed by atoms with Crippen molar-refractivity contribution in [3.05, 3.63) is 162 Å². The monoisotopic (exact) mass is 683 g/mol. The number of hydrogen-bond acceptors (Lipinski definition) is 5. The molecule has 1 atom stereocenters. The number of nitrogens with one attached hydrogen (secondary N) is 1. The number of phenolic OH excluding ortho intramolecular Hbond substituents is 1. The predicted octanol–water partition coefficient (Wildman–Crippen LogP) is 10.7. The van der Waals surface area contributed by atoms with Crippen LogP contribution in [0.25, 0.3) is 49.1 Å². The van der Waals surface area contributed by atoms with E-state index >= 15 is 0 Å². The number of benzene rings is 5. The quantitative estimate of drug-likeness (QED) is 0.0286. The van der Waals surface area contributed by atoms with Crippen LogP contribution in [-0.2, 0) is 0 Å². The number of fused-ring (bicyclic) bond motifs is 3. The highest BCUT2D eigenvalue weighted by molar-refractivity contribution is 6.22. The van der Waals surface area contributed by atoms with Crippen molar-refractivity contribution in [2.24, 2.45) is 21.6 Å². The van der Waals surface area contributed by atoms with Gasteiger partial charge in [0.1, 0.15) is 22.9 Å². The lowest BCUT2D eigenvalue weighted by atomic mass is 9.84. The van der Waals surface area contributed by atoms with Crippen molar-refractivity contribution in [3.8, 4) is 16.9 Å². The van der Waals surface area contributed by atoms with Gasteiger partial charge in [0, 0.05) is 41.3 Å². The van der Waals surface area contributed by atoms with Gasteiger partial charge < -0.3 is 15.9 Å². The fraction of sp³-hybridized carbons (Fsp3) is 0.111. The Bertz CT molecular complexity index is 2490. The molecular weight excluding hydrogens is 643 g/mol. The molecule has 7 nitrogen and oxygen atoms in total. The number of aromatic hydroxyl groups is 1. The lowest BCUT2D eigenvalue weighted by Gasteiger charge is -2.20. The second-order valence-corrected chi connectivity index (χ2v) is 12.5. The number of aliphatic imine (C=N–C) groups is 2. The Hall–Kier alpha value is -6.60. The first-order valence-corrected chi connectivity index (χ1v) is 17.2. The first kappa shape index (κ1) is 35.2. The van der Waals surface area contributed by atoms with Crippen molar-refractivity contribution < 1.29 is 10.2 Å².